The summed E-state index contributed by atoms with van der Waals surface area (Å²) in [5.74, 6) is -0.277. The van der Waals surface area contributed by atoms with Crippen molar-refractivity contribution in [1.82, 2.24) is 5.32 Å². The summed E-state index contributed by atoms with van der Waals surface area (Å²) in [5.41, 5.74) is 1.87. The Morgan fingerprint density at radius 3 is 2.47 bits per heavy atom. The highest BCUT2D eigenvalue weighted by Gasteiger charge is 2.07. The van der Waals surface area contributed by atoms with E-state index in [1.54, 1.807) is 6.07 Å². The molecular formula is C15H14Cl2FN. The lowest BCUT2D eigenvalue weighted by molar-refractivity contribution is 0.569. The molecule has 0 spiro atoms. The third-order valence-electron chi connectivity index (χ3n) is 2.98. The SMILES string of the molecule is C[C@H](NCc1cc(F)ccc1Cl)c1ccc(Cl)cc1. The summed E-state index contributed by atoms with van der Waals surface area (Å²) < 4.78 is 13.1. The van der Waals surface area contributed by atoms with E-state index in [9.17, 15) is 4.39 Å². The fraction of sp³-hybridized carbons (Fsp3) is 0.200. The van der Waals surface area contributed by atoms with Gasteiger partial charge in [-0.3, -0.25) is 0 Å². The van der Waals surface area contributed by atoms with E-state index in [1.165, 1.54) is 12.1 Å². The van der Waals surface area contributed by atoms with E-state index in [-0.39, 0.29) is 11.9 Å². The second-order valence-electron chi connectivity index (χ2n) is 4.39. The first-order valence-electron chi connectivity index (χ1n) is 5.99. The van der Waals surface area contributed by atoms with Crippen molar-refractivity contribution in [3.8, 4) is 0 Å². The molecule has 100 valence electrons. The van der Waals surface area contributed by atoms with E-state index >= 15 is 0 Å². The van der Waals surface area contributed by atoms with Crippen LogP contribution >= 0.6 is 23.2 Å². The number of nitrogens with one attached hydrogen (secondary N) is 1. The first kappa shape index (κ1) is 14.3. The van der Waals surface area contributed by atoms with Gasteiger partial charge in [-0.25, -0.2) is 4.39 Å². The summed E-state index contributed by atoms with van der Waals surface area (Å²) in [4.78, 5) is 0. The maximum atomic E-state index is 13.1. The molecule has 0 aliphatic carbocycles. The molecule has 0 heterocycles. The first-order chi connectivity index (χ1) is 9.06. The predicted octanol–water partition coefficient (Wildman–Crippen LogP) is 4.98. The second-order valence-corrected chi connectivity index (χ2v) is 5.23. The minimum Gasteiger partial charge on any atom is -0.306 e. The fourth-order valence-corrected chi connectivity index (χ4v) is 2.12. The average Bonchev–Trinajstić information content (AvgIpc) is 2.40. The molecule has 0 fully saturated rings. The van der Waals surface area contributed by atoms with Crippen LogP contribution in [0, 0.1) is 5.82 Å². The zero-order valence-electron chi connectivity index (χ0n) is 10.5. The molecule has 0 aliphatic rings. The molecule has 2 aromatic rings. The normalized spacial score (nSPS) is 12.4. The zero-order valence-corrected chi connectivity index (χ0v) is 12.0. The lowest BCUT2D eigenvalue weighted by Gasteiger charge is -2.15. The third-order valence-corrected chi connectivity index (χ3v) is 3.60. The molecule has 0 aliphatic heterocycles. The van der Waals surface area contributed by atoms with Crippen LogP contribution in [0.15, 0.2) is 42.5 Å². The number of hydrogen-bond acceptors (Lipinski definition) is 1. The van der Waals surface area contributed by atoms with E-state index in [0.29, 0.717) is 16.6 Å². The van der Waals surface area contributed by atoms with Gasteiger partial charge in [0.15, 0.2) is 0 Å². The lowest BCUT2D eigenvalue weighted by Crippen LogP contribution is -2.18. The summed E-state index contributed by atoms with van der Waals surface area (Å²) in [6.07, 6.45) is 0. The zero-order chi connectivity index (χ0) is 13.8. The van der Waals surface area contributed by atoms with E-state index in [1.807, 2.05) is 31.2 Å². The Balaban J connectivity index is 2.02. The summed E-state index contributed by atoms with van der Waals surface area (Å²) >= 11 is 11.9. The van der Waals surface area contributed by atoms with Crippen molar-refractivity contribution in [2.45, 2.75) is 19.5 Å². The molecule has 1 atom stereocenters. The number of halogens is 3. The van der Waals surface area contributed by atoms with Crippen LogP contribution in [0.2, 0.25) is 10.0 Å². The van der Waals surface area contributed by atoms with Crippen molar-refractivity contribution in [2.24, 2.45) is 0 Å². The number of benzene rings is 2. The monoisotopic (exact) mass is 297 g/mol. The van der Waals surface area contributed by atoms with Crippen LogP contribution in [0.3, 0.4) is 0 Å². The molecule has 1 N–H and O–H groups in total. The summed E-state index contributed by atoms with van der Waals surface area (Å²) in [5, 5.41) is 4.59. The van der Waals surface area contributed by atoms with Gasteiger partial charge in [-0.05, 0) is 48.4 Å². The Morgan fingerprint density at radius 2 is 1.79 bits per heavy atom. The highest BCUT2D eigenvalue weighted by atomic mass is 35.5. The molecule has 1 nitrogen and oxygen atoms in total. The van der Waals surface area contributed by atoms with Gasteiger partial charge in [-0.15, -0.1) is 0 Å². The molecule has 0 unspecified atom stereocenters. The Bertz CT molecular complexity index is 555. The summed E-state index contributed by atoms with van der Waals surface area (Å²) in [7, 11) is 0. The molecule has 2 aromatic carbocycles. The van der Waals surface area contributed by atoms with Gasteiger partial charge in [0.05, 0.1) is 0 Å². The maximum Gasteiger partial charge on any atom is 0.123 e. The first-order valence-corrected chi connectivity index (χ1v) is 6.74. The molecule has 0 aromatic heterocycles. The summed E-state index contributed by atoms with van der Waals surface area (Å²) in [6.45, 7) is 2.55. The Morgan fingerprint density at radius 1 is 1.11 bits per heavy atom. The van der Waals surface area contributed by atoms with Crippen LogP contribution < -0.4 is 5.32 Å². The molecule has 0 bridgehead atoms. The van der Waals surface area contributed by atoms with Crippen molar-refractivity contribution in [2.75, 3.05) is 0 Å². The Kier molecular flexibility index (Phi) is 4.81. The van der Waals surface area contributed by atoms with Gasteiger partial charge in [0.1, 0.15) is 5.82 Å². The van der Waals surface area contributed by atoms with Gasteiger partial charge in [0.25, 0.3) is 0 Å². The minimum absolute atomic E-state index is 0.136. The van der Waals surface area contributed by atoms with Gasteiger partial charge in [-0.1, -0.05) is 35.3 Å². The van der Waals surface area contributed by atoms with Crippen molar-refractivity contribution in [1.29, 1.82) is 0 Å². The van der Waals surface area contributed by atoms with E-state index in [4.69, 9.17) is 23.2 Å². The third kappa shape index (κ3) is 3.93. The van der Waals surface area contributed by atoms with Gasteiger partial charge in [-0.2, -0.15) is 0 Å². The lowest BCUT2D eigenvalue weighted by atomic mass is 10.1. The second kappa shape index (κ2) is 6.38. The summed E-state index contributed by atoms with van der Waals surface area (Å²) in [6, 6.07) is 12.1. The van der Waals surface area contributed by atoms with Gasteiger partial charge < -0.3 is 5.32 Å². The minimum atomic E-state index is -0.277. The quantitative estimate of drug-likeness (QED) is 0.839. The average molecular weight is 298 g/mol. The van der Waals surface area contributed by atoms with Crippen molar-refractivity contribution >= 4 is 23.2 Å². The molecule has 0 saturated carbocycles. The predicted molar refractivity (Wildman–Crippen MR) is 78.1 cm³/mol. The Labute approximate surface area is 122 Å². The topological polar surface area (TPSA) is 12.0 Å². The van der Waals surface area contributed by atoms with Crippen molar-refractivity contribution < 1.29 is 4.39 Å². The van der Waals surface area contributed by atoms with Crippen LogP contribution in [0.1, 0.15) is 24.1 Å². The molecule has 19 heavy (non-hydrogen) atoms. The maximum absolute atomic E-state index is 13.1. The fourth-order valence-electron chi connectivity index (χ4n) is 1.81. The molecular weight excluding hydrogens is 284 g/mol. The Hall–Kier alpha value is -1.09. The van der Waals surface area contributed by atoms with Crippen LogP contribution in [0.25, 0.3) is 0 Å². The standard InChI is InChI=1S/C15H14Cl2FN/c1-10(11-2-4-13(16)5-3-11)19-9-12-8-14(18)6-7-15(12)17/h2-8,10,19H,9H2,1H3/t10-/m0/s1. The van der Waals surface area contributed by atoms with Crippen LogP contribution in [-0.4, -0.2) is 0 Å². The van der Waals surface area contributed by atoms with E-state index < -0.39 is 0 Å². The van der Waals surface area contributed by atoms with Crippen molar-refractivity contribution in [3.05, 3.63) is 69.5 Å². The van der Waals surface area contributed by atoms with Crippen LogP contribution in [0.5, 0.6) is 0 Å². The van der Waals surface area contributed by atoms with E-state index in [2.05, 4.69) is 5.32 Å². The van der Waals surface area contributed by atoms with E-state index in [0.717, 1.165) is 11.1 Å². The molecule has 4 heteroatoms. The van der Waals surface area contributed by atoms with Crippen LogP contribution in [0.4, 0.5) is 4.39 Å². The molecule has 0 radical (unpaired) electrons. The molecule has 0 amide bonds. The highest BCUT2D eigenvalue weighted by Crippen LogP contribution is 2.20. The van der Waals surface area contributed by atoms with Gasteiger partial charge in [0.2, 0.25) is 0 Å². The largest absolute Gasteiger partial charge is 0.306 e. The molecule has 0 saturated heterocycles. The highest BCUT2D eigenvalue weighted by molar-refractivity contribution is 6.31. The van der Waals surface area contributed by atoms with Crippen LogP contribution in [-0.2, 0) is 6.54 Å². The number of hydrogen-bond donors (Lipinski definition) is 1. The molecule has 2 rings (SSSR count). The van der Waals surface area contributed by atoms with Gasteiger partial charge in [0, 0.05) is 22.6 Å². The number of rotatable bonds is 4. The smallest absolute Gasteiger partial charge is 0.123 e. The van der Waals surface area contributed by atoms with Gasteiger partial charge >= 0.3 is 0 Å². The van der Waals surface area contributed by atoms with Crippen molar-refractivity contribution in [3.63, 3.8) is 0 Å².